The first kappa shape index (κ1) is 17.4. The summed E-state index contributed by atoms with van der Waals surface area (Å²) in [5.41, 5.74) is 2.20. The van der Waals surface area contributed by atoms with Gasteiger partial charge in [0, 0.05) is 22.7 Å². The molecule has 0 aliphatic carbocycles. The maximum absolute atomic E-state index is 6.24. The van der Waals surface area contributed by atoms with Crippen LogP contribution in [0.2, 0.25) is 10.0 Å². The van der Waals surface area contributed by atoms with Crippen LogP contribution in [-0.4, -0.2) is 12.1 Å². The number of hydrogen-bond acceptors (Lipinski definition) is 2. The smallest absolute Gasteiger partial charge is 0.142 e. The van der Waals surface area contributed by atoms with Gasteiger partial charge in [0.2, 0.25) is 0 Å². The van der Waals surface area contributed by atoms with Gasteiger partial charge in [0.05, 0.1) is 5.02 Å². The maximum atomic E-state index is 6.24. The van der Waals surface area contributed by atoms with Gasteiger partial charge in [0.25, 0.3) is 0 Å². The Labute approximate surface area is 132 Å². The first-order chi connectivity index (χ1) is 9.19. The van der Waals surface area contributed by atoms with Crippen molar-refractivity contribution in [1.29, 1.82) is 0 Å². The Balaban J connectivity index is 2.92. The molecule has 0 saturated carbocycles. The van der Waals surface area contributed by atoms with E-state index in [2.05, 4.69) is 26.1 Å². The standard InChI is InChI=1S/C16H23Cl2NO/c1-11(2)6-7-20-15-12(10-19-16(3,4)5)8-13(17)9-14(15)18/h6,8-9,19H,7,10H2,1-5H3. The molecule has 1 aromatic carbocycles. The zero-order valence-electron chi connectivity index (χ0n) is 12.8. The minimum absolute atomic E-state index is 0.0198. The van der Waals surface area contributed by atoms with Crippen LogP contribution in [-0.2, 0) is 6.54 Å². The molecular weight excluding hydrogens is 293 g/mol. The third-order valence-electron chi connectivity index (χ3n) is 2.61. The van der Waals surface area contributed by atoms with Crippen LogP contribution < -0.4 is 10.1 Å². The SMILES string of the molecule is CC(C)=CCOc1c(Cl)cc(Cl)cc1CNC(C)(C)C. The highest BCUT2D eigenvalue weighted by atomic mass is 35.5. The average molecular weight is 316 g/mol. The Morgan fingerprint density at radius 2 is 1.90 bits per heavy atom. The second-order valence-electron chi connectivity index (χ2n) is 6.07. The van der Waals surface area contributed by atoms with E-state index in [-0.39, 0.29) is 5.54 Å². The van der Waals surface area contributed by atoms with Crippen LogP contribution in [0.15, 0.2) is 23.8 Å². The van der Waals surface area contributed by atoms with Gasteiger partial charge in [0.15, 0.2) is 0 Å². The minimum atomic E-state index is 0.0198. The molecule has 1 rings (SSSR count). The Kier molecular flexibility index (Phi) is 6.38. The molecule has 0 aliphatic heterocycles. The molecule has 0 unspecified atom stereocenters. The van der Waals surface area contributed by atoms with E-state index < -0.39 is 0 Å². The molecule has 0 amide bonds. The van der Waals surface area contributed by atoms with Crippen molar-refractivity contribution in [3.05, 3.63) is 39.4 Å². The molecule has 0 bridgehead atoms. The lowest BCUT2D eigenvalue weighted by Crippen LogP contribution is -2.35. The summed E-state index contributed by atoms with van der Waals surface area (Å²) in [6.07, 6.45) is 2.02. The maximum Gasteiger partial charge on any atom is 0.142 e. The normalized spacial score (nSPS) is 11.3. The van der Waals surface area contributed by atoms with Crippen molar-refractivity contribution < 1.29 is 4.74 Å². The van der Waals surface area contributed by atoms with E-state index in [0.717, 1.165) is 5.56 Å². The van der Waals surface area contributed by atoms with Crippen LogP contribution in [0, 0.1) is 0 Å². The highest BCUT2D eigenvalue weighted by Gasteiger charge is 2.14. The van der Waals surface area contributed by atoms with Gasteiger partial charge in [-0.15, -0.1) is 0 Å². The van der Waals surface area contributed by atoms with Gasteiger partial charge in [-0.25, -0.2) is 0 Å². The number of rotatable bonds is 5. The predicted molar refractivity (Wildman–Crippen MR) is 88.0 cm³/mol. The van der Waals surface area contributed by atoms with Crippen molar-refractivity contribution in [3.8, 4) is 5.75 Å². The zero-order valence-corrected chi connectivity index (χ0v) is 14.3. The first-order valence-electron chi connectivity index (χ1n) is 6.68. The molecule has 0 saturated heterocycles. The number of hydrogen-bond donors (Lipinski definition) is 1. The molecule has 0 fully saturated rings. The molecule has 1 aromatic rings. The van der Waals surface area contributed by atoms with Gasteiger partial charge >= 0.3 is 0 Å². The zero-order chi connectivity index (χ0) is 15.3. The van der Waals surface area contributed by atoms with E-state index >= 15 is 0 Å². The van der Waals surface area contributed by atoms with E-state index in [0.29, 0.717) is 28.9 Å². The highest BCUT2D eigenvalue weighted by Crippen LogP contribution is 2.32. The van der Waals surface area contributed by atoms with Gasteiger partial charge in [-0.1, -0.05) is 28.8 Å². The quantitative estimate of drug-likeness (QED) is 0.751. The Morgan fingerprint density at radius 1 is 1.25 bits per heavy atom. The van der Waals surface area contributed by atoms with Crippen molar-refractivity contribution >= 4 is 23.2 Å². The van der Waals surface area contributed by atoms with Crippen molar-refractivity contribution in [2.45, 2.75) is 46.7 Å². The van der Waals surface area contributed by atoms with Crippen LogP contribution in [0.1, 0.15) is 40.2 Å². The highest BCUT2D eigenvalue weighted by molar-refractivity contribution is 6.35. The summed E-state index contributed by atoms with van der Waals surface area (Å²) in [4.78, 5) is 0. The van der Waals surface area contributed by atoms with Gasteiger partial charge in [-0.05, 0) is 52.8 Å². The van der Waals surface area contributed by atoms with E-state index in [4.69, 9.17) is 27.9 Å². The summed E-state index contributed by atoms with van der Waals surface area (Å²) >= 11 is 12.3. The van der Waals surface area contributed by atoms with Crippen LogP contribution in [0.3, 0.4) is 0 Å². The molecule has 1 N–H and O–H groups in total. The summed E-state index contributed by atoms with van der Waals surface area (Å²) in [5.74, 6) is 0.699. The summed E-state index contributed by atoms with van der Waals surface area (Å²) in [6.45, 7) is 11.6. The monoisotopic (exact) mass is 315 g/mol. The summed E-state index contributed by atoms with van der Waals surface area (Å²) < 4.78 is 5.79. The second-order valence-corrected chi connectivity index (χ2v) is 6.92. The molecule has 4 heteroatoms. The summed E-state index contributed by atoms with van der Waals surface area (Å²) in [5, 5.41) is 4.59. The van der Waals surface area contributed by atoms with Crippen LogP contribution in [0.25, 0.3) is 0 Å². The minimum Gasteiger partial charge on any atom is -0.488 e. The van der Waals surface area contributed by atoms with Crippen LogP contribution >= 0.6 is 23.2 Å². The lowest BCUT2D eigenvalue weighted by atomic mass is 10.1. The molecule has 0 aromatic heterocycles. The molecule has 0 atom stereocenters. The van der Waals surface area contributed by atoms with Gasteiger partial charge < -0.3 is 10.1 Å². The molecule has 0 aliphatic rings. The average Bonchev–Trinajstić information content (AvgIpc) is 2.27. The van der Waals surface area contributed by atoms with Crippen molar-refractivity contribution in [3.63, 3.8) is 0 Å². The van der Waals surface area contributed by atoms with E-state index in [1.807, 2.05) is 26.0 Å². The predicted octanol–water partition coefficient (Wildman–Crippen LogP) is 5.23. The second kappa shape index (κ2) is 7.35. The van der Waals surface area contributed by atoms with Crippen LogP contribution in [0.5, 0.6) is 5.75 Å². The molecule has 20 heavy (non-hydrogen) atoms. The van der Waals surface area contributed by atoms with Gasteiger partial charge in [0.1, 0.15) is 12.4 Å². The van der Waals surface area contributed by atoms with Gasteiger partial charge in [-0.3, -0.25) is 0 Å². The topological polar surface area (TPSA) is 21.3 Å². The largest absolute Gasteiger partial charge is 0.488 e. The Hall–Kier alpha value is -0.700. The van der Waals surface area contributed by atoms with Gasteiger partial charge in [-0.2, -0.15) is 0 Å². The molecular formula is C16H23Cl2NO. The molecule has 0 radical (unpaired) electrons. The fourth-order valence-corrected chi connectivity index (χ4v) is 2.15. The molecule has 112 valence electrons. The molecule has 2 nitrogen and oxygen atoms in total. The number of ether oxygens (including phenoxy) is 1. The number of allylic oxidation sites excluding steroid dienone is 1. The van der Waals surface area contributed by atoms with E-state index in [9.17, 15) is 0 Å². The summed E-state index contributed by atoms with van der Waals surface area (Å²) in [6, 6.07) is 3.60. The van der Waals surface area contributed by atoms with E-state index in [1.165, 1.54) is 5.57 Å². The molecule has 0 spiro atoms. The Bertz CT molecular complexity index is 486. The van der Waals surface area contributed by atoms with Crippen molar-refractivity contribution in [2.75, 3.05) is 6.61 Å². The molecule has 0 heterocycles. The fourth-order valence-electron chi connectivity index (χ4n) is 1.56. The fraction of sp³-hybridized carbons (Fsp3) is 0.500. The lowest BCUT2D eigenvalue weighted by Gasteiger charge is -2.22. The third kappa shape index (κ3) is 6.17. The first-order valence-corrected chi connectivity index (χ1v) is 7.44. The third-order valence-corrected chi connectivity index (χ3v) is 3.11. The Morgan fingerprint density at radius 3 is 2.45 bits per heavy atom. The summed E-state index contributed by atoms with van der Waals surface area (Å²) in [7, 11) is 0. The van der Waals surface area contributed by atoms with Crippen molar-refractivity contribution in [2.24, 2.45) is 0 Å². The van der Waals surface area contributed by atoms with Crippen molar-refractivity contribution in [1.82, 2.24) is 5.32 Å². The van der Waals surface area contributed by atoms with Crippen LogP contribution in [0.4, 0.5) is 0 Å². The number of halogens is 2. The van der Waals surface area contributed by atoms with E-state index in [1.54, 1.807) is 6.07 Å². The lowest BCUT2D eigenvalue weighted by molar-refractivity contribution is 0.352. The number of nitrogens with one attached hydrogen (secondary N) is 1. The number of benzene rings is 1.